The lowest BCUT2D eigenvalue weighted by Gasteiger charge is -2.13. The van der Waals surface area contributed by atoms with Crippen molar-refractivity contribution in [3.63, 3.8) is 0 Å². The summed E-state index contributed by atoms with van der Waals surface area (Å²) in [5.74, 6) is -1.02. The summed E-state index contributed by atoms with van der Waals surface area (Å²) < 4.78 is 0. The van der Waals surface area contributed by atoms with E-state index in [1.165, 1.54) is 5.56 Å². The van der Waals surface area contributed by atoms with E-state index in [1.807, 2.05) is 11.4 Å². The molecule has 100 valence electrons. The highest BCUT2D eigenvalue weighted by molar-refractivity contribution is 7.10. The van der Waals surface area contributed by atoms with Gasteiger partial charge in [-0.3, -0.25) is 0 Å². The van der Waals surface area contributed by atoms with Crippen molar-refractivity contribution in [2.75, 3.05) is 0 Å². The van der Waals surface area contributed by atoms with Gasteiger partial charge in [0.15, 0.2) is 0 Å². The largest absolute Gasteiger partial charge is 0.480 e. The van der Waals surface area contributed by atoms with Crippen LogP contribution in [0.4, 0.5) is 4.79 Å². The van der Waals surface area contributed by atoms with E-state index in [4.69, 9.17) is 5.11 Å². The van der Waals surface area contributed by atoms with Gasteiger partial charge in [0.1, 0.15) is 6.04 Å². The van der Waals surface area contributed by atoms with Gasteiger partial charge in [0.2, 0.25) is 0 Å². The van der Waals surface area contributed by atoms with Gasteiger partial charge in [-0.2, -0.15) is 0 Å². The first-order valence-electron chi connectivity index (χ1n) is 5.90. The number of urea groups is 1. The average molecular weight is 270 g/mol. The van der Waals surface area contributed by atoms with Crippen molar-refractivity contribution in [3.05, 3.63) is 21.9 Å². The molecule has 0 bridgehead atoms. The first kappa shape index (κ1) is 14.5. The van der Waals surface area contributed by atoms with Crippen molar-refractivity contribution in [1.82, 2.24) is 10.6 Å². The molecule has 1 atom stereocenters. The number of hydrogen-bond acceptors (Lipinski definition) is 3. The number of carboxylic acid groups (broad SMARTS) is 1. The molecule has 0 saturated carbocycles. The maximum absolute atomic E-state index is 11.5. The molecule has 1 aromatic rings. The van der Waals surface area contributed by atoms with Crippen LogP contribution in [-0.2, 0) is 17.8 Å². The van der Waals surface area contributed by atoms with Gasteiger partial charge in [-0.1, -0.05) is 13.8 Å². The lowest BCUT2D eigenvalue weighted by Crippen LogP contribution is -2.45. The highest BCUT2D eigenvalue weighted by Gasteiger charge is 2.17. The zero-order valence-electron chi connectivity index (χ0n) is 10.5. The SMILES string of the molecule is CCc1ccsc1CNC(=O)NC(CC)C(=O)O. The summed E-state index contributed by atoms with van der Waals surface area (Å²) in [6, 6.07) is 0.754. The van der Waals surface area contributed by atoms with E-state index in [0.717, 1.165) is 11.3 Å². The van der Waals surface area contributed by atoms with Gasteiger partial charge in [-0.05, 0) is 29.9 Å². The molecule has 18 heavy (non-hydrogen) atoms. The number of nitrogens with one attached hydrogen (secondary N) is 2. The van der Waals surface area contributed by atoms with Crippen LogP contribution in [0.2, 0.25) is 0 Å². The van der Waals surface area contributed by atoms with E-state index in [9.17, 15) is 9.59 Å². The Morgan fingerprint density at radius 2 is 2.17 bits per heavy atom. The maximum Gasteiger partial charge on any atom is 0.326 e. The topological polar surface area (TPSA) is 78.4 Å². The van der Waals surface area contributed by atoms with E-state index < -0.39 is 18.0 Å². The van der Waals surface area contributed by atoms with Crippen molar-refractivity contribution in [2.24, 2.45) is 0 Å². The number of hydrogen-bond donors (Lipinski definition) is 3. The van der Waals surface area contributed by atoms with E-state index >= 15 is 0 Å². The number of rotatable bonds is 6. The van der Waals surface area contributed by atoms with Crippen molar-refractivity contribution >= 4 is 23.3 Å². The summed E-state index contributed by atoms with van der Waals surface area (Å²) in [4.78, 5) is 23.4. The van der Waals surface area contributed by atoms with Crippen LogP contribution in [-0.4, -0.2) is 23.1 Å². The third kappa shape index (κ3) is 4.03. The highest BCUT2D eigenvalue weighted by atomic mass is 32.1. The quantitative estimate of drug-likeness (QED) is 0.739. The number of aliphatic carboxylic acids is 1. The Bertz CT molecular complexity index is 417. The number of amides is 2. The highest BCUT2D eigenvalue weighted by Crippen LogP contribution is 2.16. The van der Waals surface area contributed by atoms with Crippen LogP contribution < -0.4 is 10.6 Å². The second-order valence-corrected chi connectivity index (χ2v) is 4.85. The second-order valence-electron chi connectivity index (χ2n) is 3.85. The number of thiophene rings is 1. The summed E-state index contributed by atoms with van der Waals surface area (Å²) in [7, 11) is 0. The van der Waals surface area contributed by atoms with E-state index in [2.05, 4.69) is 17.6 Å². The Labute approximate surface area is 110 Å². The van der Waals surface area contributed by atoms with Gasteiger partial charge in [0, 0.05) is 4.88 Å². The molecular formula is C12H18N2O3S. The molecule has 2 amide bonds. The molecule has 0 saturated heterocycles. The molecule has 1 heterocycles. The Morgan fingerprint density at radius 3 is 2.72 bits per heavy atom. The summed E-state index contributed by atoms with van der Waals surface area (Å²) in [5.41, 5.74) is 1.21. The fourth-order valence-electron chi connectivity index (χ4n) is 1.55. The van der Waals surface area contributed by atoms with Crippen molar-refractivity contribution in [1.29, 1.82) is 0 Å². The molecule has 0 aliphatic heterocycles. The van der Waals surface area contributed by atoms with Gasteiger partial charge in [-0.25, -0.2) is 9.59 Å². The van der Waals surface area contributed by atoms with Crippen molar-refractivity contribution in [2.45, 2.75) is 39.3 Å². The molecule has 0 fully saturated rings. The van der Waals surface area contributed by atoms with Crippen LogP contribution >= 0.6 is 11.3 Å². The molecule has 5 nitrogen and oxygen atoms in total. The first-order chi connectivity index (χ1) is 8.58. The van der Waals surface area contributed by atoms with Crippen LogP contribution in [0.5, 0.6) is 0 Å². The zero-order valence-corrected chi connectivity index (χ0v) is 11.3. The predicted octanol–water partition coefficient (Wildman–Crippen LogP) is 1.97. The van der Waals surface area contributed by atoms with Crippen LogP contribution in [0.1, 0.15) is 30.7 Å². The van der Waals surface area contributed by atoms with Crippen LogP contribution in [0.3, 0.4) is 0 Å². The van der Waals surface area contributed by atoms with Crippen molar-refractivity contribution in [3.8, 4) is 0 Å². The molecule has 6 heteroatoms. The molecule has 0 spiro atoms. The van der Waals surface area contributed by atoms with Crippen LogP contribution in [0, 0.1) is 0 Å². The van der Waals surface area contributed by atoms with Gasteiger partial charge >= 0.3 is 12.0 Å². The smallest absolute Gasteiger partial charge is 0.326 e. The monoisotopic (exact) mass is 270 g/mol. The first-order valence-corrected chi connectivity index (χ1v) is 6.78. The van der Waals surface area contributed by atoms with Gasteiger partial charge in [0.05, 0.1) is 6.54 Å². The van der Waals surface area contributed by atoms with Gasteiger partial charge < -0.3 is 15.7 Å². The summed E-state index contributed by atoms with van der Waals surface area (Å²) in [5, 5.41) is 15.9. The van der Waals surface area contributed by atoms with Crippen LogP contribution in [0.25, 0.3) is 0 Å². The Hall–Kier alpha value is -1.56. The average Bonchev–Trinajstić information content (AvgIpc) is 2.80. The molecule has 0 aliphatic rings. The maximum atomic E-state index is 11.5. The summed E-state index contributed by atoms with van der Waals surface area (Å²) in [6.45, 7) is 4.21. The normalized spacial score (nSPS) is 11.9. The summed E-state index contributed by atoms with van der Waals surface area (Å²) in [6.07, 6.45) is 1.29. The molecule has 0 radical (unpaired) electrons. The third-order valence-corrected chi connectivity index (χ3v) is 3.60. The minimum atomic E-state index is -1.02. The van der Waals surface area contributed by atoms with Crippen LogP contribution in [0.15, 0.2) is 11.4 Å². The molecule has 1 rings (SSSR count). The Morgan fingerprint density at radius 1 is 1.44 bits per heavy atom. The number of aryl methyl sites for hydroxylation is 1. The third-order valence-electron chi connectivity index (χ3n) is 2.64. The predicted molar refractivity (Wildman–Crippen MR) is 70.8 cm³/mol. The zero-order chi connectivity index (χ0) is 13.5. The second kappa shape index (κ2) is 7.00. The van der Waals surface area contributed by atoms with Crippen molar-refractivity contribution < 1.29 is 14.7 Å². The molecule has 0 aromatic carbocycles. The van der Waals surface area contributed by atoms with Gasteiger partial charge in [0.25, 0.3) is 0 Å². The van der Waals surface area contributed by atoms with E-state index in [0.29, 0.717) is 13.0 Å². The molecule has 3 N–H and O–H groups in total. The lowest BCUT2D eigenvalue weighted by molar-refractivity contribution is -0.139. The molecule has 1 unspecified atom stereocenters. The fraction of sp³-hybridized carbons (Fsp3) is 0.500. The number of carbonyl (C=O) groups excluding carboxylic acids is 1. The summed E-state index contributed by atoms with van der Waals surface area (Å²) >= 11 is 1.59. The molecule has 1 aromatic heterocycles. The Kier molecular flexibility index (Phi) is 5.64. The lowest BCUT2D eigenvalue weighted by atomic mass is 10.2. The molecular weight excluding hydrogens is 252 g/mol. The Balaban J connectivity index is 2.44. The number of carboxylic acids is 1. The van der Waals surface area contributed by atoms with E-state index in [1.54, 1.807) is 18.3 Å². The van der Waals surface area contributed by atoms with E-state index in [-0.39, 0.29) is 0 Å². The van der Waals surface area contributed by atoms with Gasteiger partial charge in [-0.15, -0.1) is 11.3 Å². The fourth-order valence-corrected chi connectivity index (χ4v) is 2.46. The standard InChI is InChI=1S/C12H18N2O3S/c1-3-8-5-6-18-10(8)7-13-12(17)14-9(4-2)11(15)16/h5-6,9H,3-4,7H2,1-2H3,(H,15,16)(H2,13,14,17). The minimum absolute atomic E-state index is 0.363. The number of carbonyl (C=O) groups is 2. The molecule has 0 aliphatic carbocycles. The minimum Gasteiger partial charge on any atom is -0.480 e.